The third-order valence-corrected chi connectivity index (χ3v) is 3.77. The first-order valence-electron chi connectivity index (χ1n) is 8.50. The van der Waals surface area contributed by atoms with E-state index >= 15 is 0 Å². The smallest absolute Gasteiger partial charge is 0.307 e. The van der Waals surface area contributed by atoms with Gasteiger partial charge in [0.2, 0.25) is 0 Å². The molecule has 0 saturated carbocycles. The van der Waals surface area contributed by atoms with Crippen molar-refractivity contribution in [1.29, 1.82) is 0 Å². The fourth-order valence-electron chi connectivity index (χ4n) is 2.18. The van der Waals surface area contributed by atoms with Gasteiger partial charge in [0.15, 0.2) is 0 Å². The van der Waals surface area contributed by atoms with Crippen LogP contribution >= 0.6 is 11.6 Å². The van der Waals surface area contributed by atoms with E-state index in [4.69, 9.17) is 21.1 Å². The molecule has 0 unspecified atom stereocenters. The lowest BCUT2D eigenvalue weighted by molar-refractivity contribution is -0.143. The minimum absolute atomic E-state index is 0.138. The molecule has 0 aromatic heterocycles. The predicted molar refractivity (Wildman–Crippen MR) is 100 cm³/mol. The highest BCUT2D eigenvalue weighted by Crippen LogP contribution is 2.20. The fourth-order valence-corrected chi connectivity index (χ4v) is 2.31. The molecule has 0 atom stereocenters. The Bertz CT molecular complexity index is 731. The van der Waals surface area contributed by atoms with E-state index in [1.54, 1.807) is 36.4 Å². The van der Waals surface area contributed by atoms with Crippen LogP contribution in [0.3, 0.4) is 0 Å². The maximum absolute atomic E-state index is 12.4. The molecule has 0 radical (unpaired) electrons. The Morgan fingerprint density at radius 1 is 1.08 bits per heavy atom. The quantitative estimate of drug-likeness (QED) is 0.673. The van der Waals surface area contributed by atoms with E-state index in [2.05, 4.69) is 5.32 Å². The summed E-state index contributed by atoms with van der Waals surface area (Å²) < 4.78 is 10.7. The standard InChI is InChI=1S/C20H22ClNO4/c1-2-13-25-19(23)11-12-22-20(24)17-5-3-4-6-18(17)26-14-15-7-9-16(21)10-8-15/h3-10H,2,11-14H2,1H3,(H,22,24). The second-order valence-electron chi connectivity index (χ2n) is 5.64. The second-order valence-corrected chi connectivity index (χ2v) is 6.07. The first kappa shape index (κ1) is 19.8. The van der Waals surface area contributed by atoms with Crippen LogP contribution in [0.4, 0.5) is 0 Å². The molecule has 5 nitrogen and oxygen atoms in total. The van der Waals surface area contributed by atoms with E-state index in [0.717, 1.165) is 12.0 Å². The van der Waals surface area contributed by atoms with Gasteiger partial charge in [-0.05, 0) is 36.2 Å². The number of halogens is 1. The van der Waals surface area contributed by atoms with E-state index in [1.807, 2.05) is 19.1 Å². The van der Waals surface area contributed by atoms with Crippen LogP contribution in [0.5, 0.6) is 5.75 Å². The number of esters is 1. The van der Waals surface area contributed by atoms with Crippen molar-refractivity contribution in [2.45, 2.75) is 26.4 Å². The molecule has 0 fully saturated rings. The van der Waals surface area contributed by atoms with Gasteiger partial charge in [0.05, 0.1) is 18.6 Å². The zero-order valence-electron chi connectivity index (χ0n) is 14.7. The van der Waals surface area contributed by atoms with E-state index in [1.165, 1.54) is 0 Å². The summed E-state index contributed by atoms with van der Waals surface area (Å²) in [5.74, 6) is -0.132. The molecule has 0 saturated heterocycles. The number of hydrogen-bond acceptors (Lipinski definition) is 4. The van der Waals surface area contributed by atoms with Crippen molar-refractivity contribution in [3.05, 3.63) is 64.7 Å². The SMILES string of the molecule is CCCOC(=O)CCNC(=O)c1ccccc1OCc1ccc(Cl)cc1. The molecule has 0 aliphatic rings. The van der Waals surface area contributed by atoms with Crippen molar-refractivity contribution in [3.8, 4) is 5.75 Å². The van der Waals surface area contributed by atoms with Crippen molar-refractivity contribution < 1.29 is 19.1 Å². The van der Waals surface area contributed by atoms with Gasteiger partial charge in [0.25, 0.3) is 5.91 Å². The predicted octanol–water partition coefficient (Wildman–Crippen LogP) is 3.99. The number of benzene rings is 2. The lowest BCUT2D eigenvalue weighted by atomic mass is 10.2. The number of rotatable bonds is 9. The first-order chi connectivity index (χ1) is 12.6. The maximum atomic E-state index is 12.4. The average molecular weight is 376 g/mol. The highest BCUT2D eigenvalue weighted by atomic mass is 35.5. The van der Waals surface area contributed by atoms with Crippen molar-refractivity contribution in [1.82, 2.24) is 5.32 Å². The van der Waals surface area contributed by atoms with Crippen molar-refractivity contribution in [2.75, 3.05) is 13.2 Å². The summed E-state index contributed by atoms with van der Waals surface area (Å²) in [5, 5.41) is 3.37. The first-order valence-corrected chi connectivity index (χ1v) is 8.88. The molecule has 0 aliphatic carbocycles. The average Bonchev–Trinajstić information content (AvgIpc) is 2.66. The fraction of sp³-hybridized carbons (Fsp3) is 0.300. The van der Waals surface area contributed by atoms with Crippen LogP contribution in [0.1, 0.15) is 35.7 Å². The molecule has 6 heteroatoms. The highest BCUT2D eigenvalue weighted by molar-refractivity contribution is 6.30. The van der Waals surface area contributed by atoms with E-state index < -0.39 is 0 Å². The molecule has 138 valence electrons. The summed E-state index contributed by atoms with van der Waals surface area (Å²) in [5.41, 5.74) is 1.37. The summed E-state index contributed by atoms with van der Waals surface area (Å²) in [6.45, 7) is 2.86. The molecule has 0 heterocycles. The van der Waals surface area contributed by atoms with Gasteiger partial charge in [-0.15, -0.1) is 0 Å². The van der Waals surface area contributed by atoms with Gasteiger partial charge < -0.3 is 14.8 Å². The summed E-state index contributed by atoms with van der Waals surface area (Å²) >= 11 is 5.87. The van der Waals surface area contributed by atoms with Gasteiger partial charge in [-0.1, -0.05) is 42.8 Å². The van der Waals surface area contributed by atoms with Gasteiger partial charge in [0, 0.05) is 11.6 Å². The van der Waals surface area contributed by atoms with Crippen LogP contribution < -0.4 is 10.1 Å². The summed E-state index contributed by atoms with van der Waals surface area (Å²) in [4.78, 5) is 23.8. The number of nitrogens with one attached hydrogen (secondary N) is 1. The number of ether oxygens (including phenoxy) is 2. The topological polar surface area (TPSA) is 64.6 Å². The molecule has 0 aliphatic heterocycles. The van der Waals surface area contributed by atoms with Crippen LogP contribution in [0.15, 0.2) is 48.5 Å². The number of carbonyl (C=O) groups is 2. The Morgan fingerprint density at radius 3 is 2.54 bits per heavy atom. The number of para-hydroxylation sites is 1. The zero-order valence-corrected chi connectivity index (χ0v) is 15.4. The van der Waals surface area contributed by atoms with E-state index in [9.17, 15) is 9.59 Å². The van der Waals surface area contributed by atoms with E-state index in [0.29, 0.717) is 29.5 Å². The summed E-state index contributed by atoms with van der Waals surface area (Å²) in [6, 6.07) is 14.3. The van der Waals surface area contributed by atoms with Crippen LogP contribution in [0.2, 0.25) is 5.02 Å². The van der Waals surface area contributed by atoms with Crippen LogP contribution in [0, 0.1) is 0 Å². The molecule has 2 aromatic carbocycles. The Balaban J connectivity index is 1.89. The van der Waals surface area contributed by atoms with Crippen LogP contribution in [-0.4, -0.2) is 25.0 Å². The summed E-state index contributed by atoms with van der Waals surface area (Å²) in [7, 11) is 0. The number of carbonyl (C=O) groups excluding carboxylic acids is 2. The largest absolute Gasteiger partial charge is 0.488 e. The molecular formula is C20H22ClNO4. The number of hydrogen-bond donors (Lipinski definition) is 1. The summed E-state index contributed by atoms with van der Waals surface area (Å²) in [6.07, 6.45) is 0.913. The Labute approximate surface area is 158 Å². The minimum atomic E-state index is -0.320. The molecule has 0 spiro atoms. The Morgan fingerprint density at radius 2 is 1.81 bits per heavy atom. The monoisotopic (exact) mass is 375 g/mol. The van der Waals surface area contributed by atoms with Gasteiger partial charge >= 0.3 is 5.97 Å². The van der Waals surface area contributed by atoms with Gasteiger partial charge in [-0.2, -0.15) is 0 Å². The third-order valence-electron chi connectivity index (χ3n) is 3.52. The molecule has 0 bridgehead atoms. The normalized spacial score (nSPS) is 10.2. The lowest BCUT2D eigenvalue weighted by Gasteiger charge is -2.12. The second kappa shape index (κ2) is 10.5. The highest BCUT2D eigenvalue weighted by Gasteiger charge is 2.12. The van der Waals surface area contributed by atoms with Crippen LogP contribution in [-0.2, 0) is 16.1 Å². The van der Waals surface area contributed by atoms with Crippen LogP contribution in [0.25, 0.3) is 0 Å². The zero-order chi connectivity index (χ0) is 18.8. The van der Waals surface area contributed by atoms with Gasteiger partial charge in [-0.3, -0.25) is 9.59 Å². The molecule has 2 rings (SSSR count). The van der Waals surface area contributed by atoms with Crippen molar-refractivity contribution >= 4 is 23.5 Å². The Hall–Kier alpha value is -2.53. The minimum Gasteiger partial charge on any atom is -0.488 e. The van der Waals surface area contributed by atoms with Crippen molar-refractivity contribution in [2.24, 2.45) is 0 Å². The molecule has 2 aromatic rings. The Kier molecular flexibility index (Phi) is 7.96. The van der Waals surface area contributed by atoms with Gasteiger partial charge in [-0.25, -0.2) is 0 Å². The van der Waals surface area contributed by atoms with Crippen molar-refractivity contribution in [3.63, 3.8) is 0 Å². The third kappa shape index (κ3) is 6.41. The maximum Gasteiger partial charge on any atom is 0.307 e. The lowest BCUT2D eigenvalue weighted by Crippen LogP contribution is -2.27. The molecule has 1 N–H and O–H groups in total. The van der Waals surface area contributed by atoms with Gasteiger partial charge in [0.1, 0.15) is 12.4 Å². The van der Waals surface area contributed by atoms with E-state index in [-0.39, 0.29) is 24.8 Å². The molecule has 1 amide bonds. The molecular weight excluding hydrogens is 354 g/mol. The molecule has 26 heavy (non-hydrogen) atoms. The number of amides is 1.